The Balaban J connectivity index is 3.63. The fourth-order valence-electron chi connectivity index (χ4n) is 1.23. The van der Waals surface area contributed by atoms with Crippen LogP contribution in [0, 0.1) is 0 Å². The lowest BCUT2D eigenvalue weighted by Gasteiger charge is -2.08. The van der Waals surface area contributed by atoms with Crippen LogP contribution >= 0.6 is 11.8 Å². The van der Waals surface area contributed by atoms with Crippen molar-refractivity contribution in [3.63, 3.8) is 0 Å². The van der Waals surface area contributed by atoms with Gasteiger partial charge < -0.3 is 15.8 Å². The number of carbonyl (C=O) groups excluding carboxylic acids is 3. The highest BCUT2D eigenvalue weighted by atomic mass is 32.2. The molecule has 0 radical (unpaired) electrons. The lowest BCUT2D eigenvalue weighted by molar-refractivity contribution is -0.142. The van der Waals surface area contributed by atoms with E-state index in [1.54, 1.807) is 0 Å². The zero-order chi connectivity index (χ0) is 15.4. The monoisotopic (exact) mass is 305 g/mol. The number of rotatable bonds is 9. The van der Waals surface area contributed by atoms with Crippen molar-refractivity contribution in [2.24, 2.45) is 5.73 Å². The standard InChI is InChI=1S/C12H23N3O4S/c1-3-4-6-14-12(18)15-10(16)8-20-7-5-9(13)11(17)19-2/h9H,3-8,13H2,1-2H3,(H2,14,15,16,18). The Kier molecular flexibility index (Phi) is 10.8. The van der Waals surface area contributed by atoms with Crippen LogP contribution < -0.4 is 16.4 Å². The molecule has 0 spiro atoms. The summed E-state index contributed by atoms with van der Waals surface area (Å²) in [6, 6.07) is -1.15. The van der Waals surface area contributed by atoms with Gasteiger partial charge in [-0.15, -0.1) is 0 Å². The summed E-state index contributed by atoms with van der Waals surface area (Å²) < 4.78 is 4.48. The van der Waals surface area contributed by atoms with Crippen LogP contribution in [0.15, 0.2) is 0 Å². The number of hydrogen-bond acceptors (Lipinski definition) is 6. The predicted molar refractivity (Wildman–Crippen MR) is 78.4 cm³/mol. The molecule has 3 amide bonds. The van der Waals surface area contributed by atoms with Crippen LogP contribution in [0.25, 0.3) is 0 Å². The maximum absolute atomic E-state index is 11.4. The number of esters is 1. The van der Waals surface area contributed by atoms with Gasteiger partial charge in [0.2, 0.25) is 5.91 Å². The average molecular weight is 305 g/mol. The molecule has 20 heavy (non-hydrogen) atoms. The van der Waals surface area contributed by atoms with E-state index in [1.807, 2.05) is 6.92 Å². The second-order valence-electron chi connectivity index (χ2n) is 4.13. The molecule has 0 aromatic heterocycles. The summed E-state index contributed by atoms with van der Waals surface area (Å²) in [5, 5.41) is 4.81. The molecule has 0 saturated carbocycles. The van der Waals surface area contributed by atoms with E-state index in [4.69, 9.17) is 5.73 Å². The van der Waals surface area contributed by atoms with Gasteiger partial charge in [0.15, 0.2) is 0 Å². The number of ether oxygens (including phenoxy) is 1. The van der Waals surface area contributed by atoms with Crippen LogP contribution in [-0.2, 0) is 14.3 Å². The molecular formula is C12H23N3O4S. The number of urea groups is 1. The smallest absolute Gasteiger partial charge is 0.322 e. The Morgan fingerprint density at radius 3 is 2.65 bits per heavy atom. The Morgan fingerprint density at radius 1 is 1.35 bits per heavy atom. The third-order valence-corrected chi connectivity index (χ3v) is 3.37. The summed E-state index contributed by atoms with van der Waals surface area (Å²) in [6.07, 6.45) is 2.28. The molecular weight excluding hydrogens is 282 g/mol. The molecule has 0 bridgehead atoms. The van der Waals surface area contributed by atoms with Crippen LogP contribution in [0.5, 0.6) is 0 Å². The Hall–Kier alpha value is -1.28. The van der Waals surface area contributed by atoms with E-state index in [2.05, 4.69) is 15.4 Å². The van der Waals surface area contributed by atoms with Crippen LogP contribution in [-0.4, -0.2) is 49.1 Å². The Labute approximate surface area is 123 Å². The molecule has 0 aromatic carbocycles. The summed E-state index contributed by atoms with van der Waals surface area (Å²) in [6.45, 7) is 2.57. The van der Waals surface area contributed by atoms with Gasteiger partial charge in [-0.1, -0.05) is 13.3 Å². The summed E-state index contributed by atoms with van der Waals surface area (Å²) in [7, 11) is 1.28. The number of nitrogens with two attached hydrogens (primary N) is 1. The van der Waals surface area contributed by atoms with Gasteiger partial charge in [-0.3, -0.25) is 14.9 Å². The van der Waals surface area contributed by atoms with Crippen molar-refractivity contribution in [1.82, 2.24) is 10.6 Å². The maximum Gasteiger partial charge on any atom is 0.322 e. The second-order valence-corrected chi connectivity index (χ2v) is 5.23. The number of imide groups is 1. The van der Waals surface area contributed by atoms with E-state index in [-0.39, 0.29) is 11.7 Å². The van der Waals surface area contributed by atoms with Gasteiger partial charge in [0.25, 0.3) is 0 Å². The van der Waals surface area contributed by atoms with E-state index >= 15 is 0 Å². The molecule has 0 aromatic rings. The zero-order valence-corrected chi connectivity index (χ0v) is 12.8. The van der Waals surface area contributed by atoms with Crippen molar-refractivity contribution in [1.29, 1.82) is 0 Å². The zero-order valence-electron chi connectivity index (χ0n) is 11.9. The number of unbranched alkanes of at least 4 members (excludes halogenated alkanes) is 1. The largest absolute Gasteiger partial charge is 0.468 e. The number of hydrogen-bond donors (Lipinski definition) is 3. The molecule has 1 atom stereocenters. The van der Waals surface area contributed by atoms with E-state index < -0.39 is 18.0 Å². The van der Waals surface area contributed by atoms with Crippen LogP contribution in [0.3, 0.4) is 0 Å². The lowest BCUT2D eigenvalue weighted by Crippen LogP contribution is -2.40. The van der Waals surface area contributed by atoms with E-state index in [0.717, 1.165) is 12.8 Å². The maximum atomic E-state index is 11.4. The molecule has 0 rings (SSSR count). The highest BCUT2D eigenvalue weighted by Gasteiger charge is 2.13. The van der Waals surface area contributed by atoms with Gasteiger partial charge in [0.1, 0.15) is 6.04 Å². The lowest BCUT2D eigenvalue weighted by atomic mass is 10.2. The fraction of sp³-hybridized carbons (Fsp3) is 0.750. The summed E-state index contributed by atoms with van der Waals surface area (Å²) in [5.74, 6) is -0.142. The number of nitrogens with one attached hydrogen (secondary N) is 2. The number of amides is 3. The van der Waals surface area contributed by atoms with Crippen molar-refractivity contribution in [2.45, 2.75) is 32.2 Å². The van der Waals surface area contributed by atoms with Crippen LogP contribution in [0.1, 0.15) is 26.2 Å². The number of carbonyl (C=O) groups is 3. The van der Waals surface area contributed by atoms with Crippen LogP contribution in [0.4, 0.5) is 4.79 Å². The quantitative estimate of drug-likeness (QED) is 0.415. The normalized spacial score (nSPS) is 11.6. The molecule has 0 aliphatic heterocycles. The van der Waals surface area contributed by atoms with Crippen molar-refractivity contribution in [2.75, 3.05) is 25.2 Å². The van der Waals surface area contributed by atoms with Crippen molar-refractivity contribution in [3.8, 4) is 0 Å². The molecule has 4 N–H and O–H groups in total. The van der Waals surface area contributed by atoms with Gasteiger partial charge in [0.05, 0.1) is 12.9 Å². The first-order chi connectivity index (χ1) is 9.51. The van der Waals surface area contributed by atoms with Crippen LogP contribution in [0.2, 0.25) is 0 Å². The molecule has 1 unspecified atom stereocenters. The van der Waals surface area contributed by atoms with E-state index in [9.17, 15) is 14.4 Å². The van der Waals surface area contributed by atoms with E-state index in [0.29, 0.717) is 18.7 Å². The molecule has 0 aliphatic carbocycles. The topological polar surface area (TPSA) is 111 Å². The molecule has 8 heteroatoms. The first kappa shape index (κ1) is 18.7. The summed E-state index contributed by atoms with van der Waals surface area (Å²) in [4.78, 5) is 33.7. The molecule has 0 heterocycles. The number of methoxy groups -OCH3 is 1. The molecule has 0 fully saturated rings. The van der Waals surface area contributed by atoms with Crippen molar-refractivity contribution >= 4 is 29.7 Å². The van der Waals surface area contributed by atoms with Gasteiger partial charge >= 0.3 is 12.0 Å². The van der Waals surface area contributed by atoms with Crippen molar-refractivity contribution < 1.29 is 19.1 Å². The Morgan fingerprint density at radius 2 is 2.05 bits per heavy atom. The fourth-order valence-corrected chi connectivity index (χ4v) is 2.05. The highest BCUT2D eigenvalue weighted by Crippen LogP contribution is 2.04. The minimum absolute atomic E-state index is 0.148. The summed E-state index contributed by atoms with van der Waals surface area (Å²) >= 11 is 1.31. The number of thioether (sulfide) groups is 1. The molecule has 0 saturated heterocycles. The van der Waals surface area contributed by atoms with Gasteiger partial charge in [-0.25, -0.2) is 4.79 Å². The van der Waals surface area contributed by atoms with E-state index in [1.165, 1.54) is 18.9 Å². The third-order valence-electron chi connectivity index (χ3n) is 2.38. The minimum atomic E-state index is -0.673. The third kappa shape index (κ3) is 9.62. The predicted octanol–water partition coefficient (Wildman–Crippen LogP) is 0.236. The minimum Gasteiger partial charge on any atom is -0.468 e. The SMILES string of the molecule is CCCCNC(=O)NC(=O)CSCCC(N)C(=O)OC. The molecule has 116 valence electrons. The molecule has 7 nitrogen and oxygen atoms in total. The molecule has 0 aliphatic rings. The highest BCUT2D eigenvalue weighted by molar-refractivity contribution is 7.99. The second kappa shape index (κ2) is 11.5. The van der Waals surface area contributed by atoms with Crippen molar-refractivity contribution in [3.05, 3.63) is 0 Å². The summed E-state index contributed by atoms with van der Waals surface area (Å²) in [5.41, 5.74) is 5.54. The first-order valence-corrected chi connectivity index (χ1v) is 7.65. The average Bonchev–Trinajstić information content (AvgIpc) is 2.42. The van der Waals surface area contributed by atoms with Gasteiger partial charge in [-0.05, 0) is 18.6 Å². The first-order valence-electron chi connectivity index (χ1n) is 6.50. The Bertz CT molecular complexity index is 326. The van der Waals surface area contributed by atoms with Gasteiger partial charge in [0, 0.05) is 6.54 Å². The van der Waals surface area contributed by atoms with Gasteiger partial charge in [-0.2, -0.15) is 11.8 Å².